The highest BCUT2D eigenvalue weighted by molar-refractivity contribution is 5.53. The molecule has 0 spiro atoms. The fourth-order valence-corrected chi connectivity index (χ4v) is 3.15. The molecule has 0 radical (unpaired) electrons. The van der Waals surface area contributed by atoms with Gasteiger partial charge in [-0.25, -0.2) is 0 Å². The number of rotatable bonds is 4. The maximum absolute atomic E-state index is 9.62. The van der Waals surface area contributed by atoms with Gasteiger partial charge < -0.3 is 15.3 Å². The number of hydrogen-bond donors (Lipinski definition) is 2. The monoisotopic (exact) mass is 310 g/mol. The van der Waals surface area contributed by atoms with Crippen LogP contribution < -0.4 is 10.2 Å². The molecule has 122 valence electrons. The standard InChI is InChI=1S/C20H26N2O/c1-15-5-3-4-6-20(15)21-16(2)17-7-9-18(10-8-17)22-13-11-19(23)12-14-22/h3-10,16,19,21,23H,11-14H2,1-2H3. The number of para-hydroxylation sites is 1. The molecule has 0 saturated carbocycles. The molecule has 1 unspecified atom stereocenters. The number of aliphatic hydroxyl groups is 1. The summed E-state index contributed by atoms with van der Waals surface area (Å²) in [6.07, 6.45) is 1.61. The molecule has 3 rings (SSSR count). The van der Waals surface area contributed by atoms with Crippen molar-refractivity contribution in [3.63, 3.8) is 0 Å². The van der Waals surface area contributed by atoms with Crippen LogP contribution in [0.4, 0.5) is 11.4 Å². The third-order valence-electron chi connectivity index (χ3n) is 4.74. The minimum atomic E-state index is -0.121. The maximum Gasteiger partial charge on any atom is 0.0574 e. The average molecular weight is 310 g/mol. The van der Waals surface area contributed by atoms with Crippen molar-refractivity contribution in [3.05, 3.63) is 59.7 Å². The minimum absolute atomic E-state index is 0.121. The van der Waals surface area contributed by atoms with Crippen molar-refractivity contribution in [2.75, 3.05) is 23.3 Å². The molecule has 1 atom stereocenters. The van der Waals surface area contributed by atoms with Crippen LogP contribution in [0.25, 0.3) is 0 Å². The number of benzene rings is 2. The van der Waals surface area contributed by atoms with E-state index < -0.39 is 0 Å². The van der Waals surface area contributed by atoms with Gasteiger partial charge in [0.15, 0.2) is 0 Å². The Labute approximate surface area is 139 Å². The van der Waals surface area contributed by atoms with Crippen LogP contribution in [0.1, 0.15) is 36.9 Å². The molecule has 23 heavy (non-hydrogen) atoms. The first-order chi connectivity index (χ1) is 11.1. The van der Waals surface area contributed by atoms with Crippen LogP contribution in [0.3, 0.4) is 0 Å². The van der Waals surface area contributed by atoms with Gasteiger partial charge in [0.05, 0.1) is 6.10 Å². The largest absolute Gasteiger partial charge is 0.393 e. The molecular formula is C20H26N2O. The molecular weight excluding hydrogens is 284 g/mol. The van der Waals surface area contributed by atoms with Crippen LogP contribution in [0.15, 0.2) is 48.5 Å². The smallest absolute Gasteiger partial charge is 0.0574 e. The first-order valence-corrected chi connectivity index (χ1v) is 8.48. The summed E-state index contributed by atoms with van der Waals surface area (Å²) in [4.78, 5) is 2.36. The molecule has 3 nitrogen and oxygen atoms in total. The highest BCUT2D eigenvalue weighted by atomic mass is 16.3. The van der Waals surface area contributed by atoms with E-state index in [4.69, 9.17) is 0 Å². The number of hydrogen-bond acceptors (Lipinski definition) is 3. The van der Waals surface area contributed by atoms with Crippen LogP contribution in [-0.4, -0.2) is 24.3 Å². The van der Waals surface area contributed by atoms with E-state index in [1.54, 1.807) is 0 Å². The molecule has 3 heteroatoms. The van der Waals surface area contributed by atoms with E-state index in [2.05, 4.69) is 72.6 Å². The Morgan fingerprint density at radius 2 is 1.70 bits per heavy atom. The molecule has 1 fully saturated rings. The molecule has 1 saturated heterocycles. The van der Waals surface area contributed by atoms with Gasteiger partial charge in [0, 0.05) is 30.5 Å². The van der Waals surface area contributed by atoms with Gasteiger partial charge in [0.25, 0.3) is 0 Å². The van der Waals surface area contributed by atoms with Gasteiger partial charge in [0.1, 0.15) is 0 Å². The van der Waals surface area contributed by atoms with Crippen LogP contribution >= 0.6 is 0 Å². The Kier molecular flexibility index (Phi) is 4.87. The molecule has 1 heterocycles. The number of piperidine rings is 1. The highest BCUT2D eigenvalue weighted by Crippen LogP contribution is 2.25. The Balaban J connectivity index is 1.66. The van der Waals surface area contributed by atoms with E-state index in [1.165, 1.54) is 22.5 Å². The highest BCUT2D eigenvalue weighted by Gasteiger charge is 2.17. The number of nitrogens with zero attached hydrogens (tertiary/aromatic N) is 1. The van der Waals surface area contributed by atoms with E-state index in [0.29, 0.717) is 0 Å². The number of aliphatic hydroxyl groups excluding tert-OH is 1. The maximum atomic E-state index is 9.62. The van der Waals surface area contributed by atoms with Crippen molar-refractivity contribution in [2.24, 2.45) is 0 Å². The van der Waals surface area contributed by atoms with Gasteiger partial charge in [-0.2, -0.15) is 0 Å². The first-order valence-electron chi connectivity index (χ1n) is 8.48. The summed E-state index contributed by atoms with van der Waals surface area (Å²) in [6.45, 7) is 6.21. The first kappa shape index (κ1) is 15.9. The fraction of sp³-hybridized carbons (Fsp3) is 0.400. The topological polar surface area (TPSA) is 35.5 Å². The summed E-state index contributed by atoms with van der Waals surface area (Å²) in [7, 11) is 0. The zero-order valence-corrected chi connectivity index (χ0v) is 14.0. The molecule has 2 N–H and O–H groups in total. The summed E-state index contributed by atoms with van der Waals surface area (Å²) in [5.74, 6) is 0. The summed E-state index contributed by atoms with van der Waals surface area (Å²) >= 11 is 0. The molecule has 2 aromatic rings. The predicted molar refractivity (Wildman–Crippen MR) is 97.1 cm³/mol. The predicted octanol–water partition coefficient (Wildman–Crippen LogP) is 4.13. The number of anilines is 2. The molecule has 0 bridgehead atoms. The van der Waals surface area contributed by atoms with Gasteiger partial charge >= 0.3 is 0 Å². The lowest BCUT2D eigenvalue weighted by Crippen LogP contribution is -2.35. The number of nitrogens with one attached hydrogen (secondary N) is 1. The Morgan fingerprint density at radius 1 is 1.04 bits per heavy atom. The molecule has 1 aliphatic rings. The lowest BCUT2D eigenvalue weighted by Gasteiger charge is -2.31. The second-order valence-electron chi connectivity index (χ2n) is 6.49. The SMILES string of the molecule is Cc1ccccc1NC(C)c1ccc(N2CCC(O)CC2)cc1. The van der Waals surface area contributed by atoms with E-state index >= 15 is 0 Å². The zero-order chi connectivity index (χ0) is 16.2. The van der Waals surface area contributed by atoms with Crippen molar-refractivity contribution in [3.8, 4) is 0 Å². The summed E-state index contributed by atoms with van der Waals surface area (Å²) in [5, 5.41) is 13.2. The van der Waals surface area contributed by atoms with Crippen molar-refractivity contribution in [2.45, 2.75) is 38.8 Å². The van der Waals surface area contributed by atoms with Crippen molar-refractivity contribution in [1.29, 1.82) is 0 Å². The lowest BCUT2D eigenvalue weighted by atomic mass is 10.0. The molecule has 1 aliphatic heterocycles. The van der Waals surface area contributed by atoms with Gasteiger partial charge in [-0.3, -0.25) is 0 Å². The lowest BCUT2D eigenvalue weighted by molar-refractivity contribution is 0.145. The van der Waals surface area contributed by atoms with Crippen LogP contribution in [0.5, 0.6) is 0 Å². The third kappa shape index (κ3) is 3.85. The van der Waals surface area contributed by atoms with Crippen molar-refractivity contribution in [1.82, 2.24) is 0 Å². The second-order valence-corrected chi connectivity index (χ2v) is 6.49. The molecule has 0 amide bonds. The normalized spacial score (nSPS) is 17.1. The molecule has 2 aromatic carbocycles. The Morgan fingerprint density at radius 3 is 2.35 bits per heavy atom. The third-order valence-corrected chi connectivity index (χ3v) is 4.74. The molecule has 0 aromatic heterocycles. The van der Waals surface area contributed by atoms with Crippen molar-refractivity contribution >= 4 is 11.4 Å². The van der Waals surface area contributed by atoms with Crippen LogP contribution in [0, 0.1) is 6.92 Å². The Hall–Kier alpha value is -2.00. The average Bonchev–Trinajstić information content (AvgIpc) is 2.58. The van der Waals surface area contributed by atoms with Crippen LogP contribution in [0.2, 0.25) is 0 Å². The van der Waals surface area contributed by atoms with Crippen molar-refractivity contribution < 1.29 is 5.11 Å². The van der Waals surface area contributed by atoms with Gasteiger partial charge in [0.2, 0.25) is 0 Å². The quantitative estimate of drug-likeness (QED) is 0.891. The summed E-state index contributed by atoms with van der Waals surface area (Å²) < 4.78 is 0. The van der Waals surface area contributed by atoms with Gasteiger partial charge in [-0.15, -0.1) is 0 Å². The Bertz CT molecular complexity index is 630. The van der Waals surface area contributed by atoms with E-state index in [-0.39, 0.29) is 12.1 Å². The van der Waals surface area contributed by atoms with Gasteiger partial charge in [-0.1, -0.05) is 30.3 Å². The van der Waals surface area contributed by atoms with E-state index in [9.17, 15) is 5.11 Å². The fourth-order valence-electron chi connectivity index (χ4n) is 3.15. The summed E-state index contributed by atoms with van der Waals surface area (Å²) in [5.41, 5.74) is 5.00. The second kappa shape index (κ2) is 7.05. The van der Waals surface area contributed by atoms with Gasteiger partial charge in [-0.05, 0) is 56.0 Å². The van der Waals surface area contributed by atoms with E-state index in [0.717, 1.165) is 25.9 Å². The number of aryl methyl sites for hydroxylation is 1. The van der Waals surface area contributed by atoms with E-state index in [1.807, 2.05) is 0 Å². The zero-order valence-electron chi connectivity index (χ0n) is 14.0. The molecule has 0 aliphatic carbocycles. The minimum Gasteiger partial charge on any atom is -0.393 e. The van der Waals surface area contributed by atoms with Crippen LogP contribution in [-0.2, 0) is 0 Å². The summed E-state index contributed by atoms with van der Waals surface area (Å²) in [6, 6.07) is 17.5.